The predicted molar refractivity (Wildman–Crippen MR) is 120 cm³/mol. The molecule has 1 atom stereocenters. The highest BCUT2D eigenvalue weighted by Gasteiger charge is 2.29. The largest absolute Gasteiger partial charge is 0.454 e. The third-order valence-electron chi connectivity index (χ3n) is 6.21. The van der Waals surface area contributed by atoms with Gasteiger partial charge in [0, 0.05) is 57.1 Å². The molecule has 6 heteroatoms. The first-order chi connectivity index (χ1) is 15.7. The molecule has 0 aliphatic carbocycles. The van der Waals surface area contributed by atoms with Crippen LogP contribution >= 0.6 is 0 Å². The van der Waals surface area contributed by atoms with E-state index in [2.05, 4.69) is 9.88 Å². The number of carbonyl (C=O) groups excluding carboxylic acids is 2. The molecule has 0 N–H and O–H groups in total. The van der Waals surface area contributed by atoms with Gasteiger partial charge >= 0.3 is 5.97 Å². The number of cyclic esters (lactones) is 1. The molecule has 1 aromatic heterocycles. The van der Waals surface area contributed by atoms with E-state index in [1.807, 2.05) is 65.8 Å². The highest BCUT2D eigenvalue weighted by atomic mass is 16.5. The molecular weight excluding hydrogens is 402 g/mol. The Morgan fingerprint density at radius 3 is 2.47 bits per heavy atom. The number of carbonyl (C=O) groups is 2. The van der Waals surface area contributed by atoms with Crippen LogP contribution in [-0.2, 0) is 17.7 Å². The summed E-state index contributed by atoms with van der Waals surface area (Å²) in [5.41, 5.74) is 4.25. The summed E-state index contributed by atoms with van der Waals surface area (Å²) in [7, 11) is 0. The summed E-state index contributed by atoms with van der Waals surface area (Å²) in [6, 6.07) is 19.1. The summed E-state index contributed by atoms with van der Waals surface area (Å²) in [5.74, 6) is -0.310. The fourth-order valence-electron chi connectivity index (χ4n) is 4.42. The van der Waals surface area contributed by atoms with Gasteiger partial charge in [-0.25, -0.2) is 4.79 Å². The van der Waals surface area contributed by atoms with E-state index in [4.69, 9.17) is 4.74 Å². The standard InChI is InChI=1S/C26H25N3O3/c30-25(29-14-12-28(13-15-29)18-19-8-10-27-11-9-19)21-6-7-23-22(16-21)17-24(32-26(23)31)20-4-2-1-3-5-20/h1-11,16,24H,12-15,17-18H2. The van der Waals surface area contributed by atoms with E-state index in [9.17, 15) is 9.59 Å². The molecule has 0 bridgehead atoms. The molecule has 2 aliphatic heterocycles. The molecule has 3 heterocycles. The van der Waals surface area contributed by atoms with Gasteiger partial charge in [-0.2, -0.15) is 0 Å². The molecule has 1 amide bonds. The number of esters is 1. The van der Waals surface area contributed by atoms with Gasteiger partial charge in [-0.15, -0.1) is 0 Å². The van der Waals surface area contributed by atoms with Crippen molar-refractivity contribution >= 4 is 11.9 Å². The van der Waals surface area contributed by atoms with Gasteiger partial charge in [0.2, 0.25) is 0 Å². The Kier molecular flexibility index (Phi) is 5.69. The smallest absolute Gasteiger partial charge is 0.339 e. The summed E-state index contributed by atoms with van der Waals surface area (Å²) in [4.78, 5) is 34.0. The number of hydrogen-bond donors (Lipinski definition) is 0. The van der Waals surface area contributed by atoms with Crippen LogP contribution in [0.4, 0.5) is 0 Å². The maximum atomic E-state index is 13.2. The first kappa shape index (κ1) is 20.4. The molecule has 0 saturated carbocycles. The minimum atomic E-state index is -0.330. The van der Waals surface area contributed by atoms with Crippen molar-refractivity contribution in [1.29, 1.82) is 0 Å². The maximum Gasteiger partial charge on any atom is 0.339 e. The fraction of sp³-hybridized carbons (Fsp3) is 0.269. The molecule has 6 nitrogen and oxygen atoms in total. The number of piperazine rings is 1. The number of hydrogen-bond acceptors (Lipinski definition) is 5. The first-order valence-electron chi connectivity index (χ1n) is 11.0. The Bertz CT molecular complexity index is 1110. The van der Waals surface area contributed by atoms with Crippen molar-refractivity contribution in [1.82, 2.24) is 14.8 Å². The van der Waals surface area contributed by atoms with E-state index in [0.717, 1.165) is 30.8 Å². The van der Waals surface area contributed by atoms with E-state index in [-0.39, 0.29) is 18.0 Å². The van der Waals surface area contributed by atoms with Crippen LogP contribution in [0.3, 0.4) is 0 Å². The quantitative estimate of drug-likeness (QED) is 0.597. The van der Waals surface area contributed by atoms with E-state index >= 15 is 0 Å². The van der Waals surface area contributed by atoms with E-state index in [0.29, 0.717) is 30.6 Å². The number of ether oxygens (including phenoxy) is 1. The fourth-order valence-corrected chi connectivity index (χ4v) is 4.42. The summed E-state index contributed by atoms with van der Waals surface area (Å²) < 4.78 is 5.63. The molecule has 5 rings (SSSR count). The Morgan fingerprint density at radius 2 is 1.72 bits per heavy atom. The highest BCUT2D eigenvalue weighted by molar-refractivity contribution is 5.97. The van der Waals surface area contributed by atoms with Gasteiger partial charge in [-0.3, -0.25) is 14.7 Å². The number of benzene rings is 2. The Labute approximate surface area is 187 Å². The molecular formula is C26H25N3O3. The lowest BCUT2D eigenvalue weighted by Gasteiger charge is -2.35. The second-order valence-corrected chi connectivity index (χ2v) is 8.30. The predicted octanol–water partition coefficient (Wildman–Crippen LogP) is 3.49. The van der Waals surface area contributed by atoms with Crippen LogP contribution < -0.4 is 0 Å². The van der Waals surface area contributed by atoms with Crippen molar-refractivity contribution < 1.29 is 14.3 Å². The molecule has 0 spiro atoms. The summed E-state index contributed by atoms with van der Waals surface area (Å²) in [6.07, 6.45) is 3.87. The average Bonchev–Trinajstić information content (AvgIpc) is 2.85. The van der Waals surface area contributed by atoms with Crippen LogP contribution in [0.15, 0.2) is 73.1 Å². The van der Waals surface area contributed by atoms with Crippen LogP contribution in [-0.4, -0.2) is 52.8 Å². The molecule has 1 unspecified atom stereocenters. The zero-order chi connectivity index (χ0) is 21.9. The Morgan fingerprint density at radius 1 is 0.969 bits per heavy atom. The third-order valence-corrected chi connectivity index (χ3v) is 6.21. The minimum Gasteiger partial charge on any atom is -0.454 e. The van der Waals surface area contributed by atoms with Crippen molar-refractivity contribution in [3.05, 3.63) is 101 Å². The van der Waals surface area contributed by atoms with Crippen molar-refractivity contribution in [2.75, 3.05) is 26.2 Å². The second kappa shape index (κ2) is 8.93. The highest BCUT2D eigenvalue weighted by Crippen LogP contribution is 2.31. The zero-order valence-corrected chi connectivity index (χ0v) is 17.8. The molecule has 3 aromatic rings. The van der Waals surface area contributed by atoms with E-state index < -0.39 is 0 Å². The third kappa shape index (κ3) is 4.27. The van der Waals surface area contributed by atoms with Gasteiger partial charge in [-0.05, 0) is 47.0 Å². The van der Waals surface area contributed by atoms with Crippen molar-refractivity contribution in [2.24, 2.45) is 0 Å². The van der Waals surface area contributed by atoms with Gasteiger partial charge in [0.05, 0.1) is 5.56 Å². The first-order valence-corrected chi connectivity index (χ1v) is 11.0. The molecule has 2 aliphatic rings. The topological polar surface area (TPSA) is 62.7 Å². The summed E-state index contributed by atoms with van der Waals surface area (Å²) in [6.45, 7) is 3.92. The van der Waals surface area contributed by atoms with Gasteiger partial charge < -0.3 is 9.64 Å². The lowest BCUT2D eigenvalue weighted by atomic mass is 9.93. The monoisotopic (exact) mass is 427 g/mol. The molecule has 0 radical (unpaired) electrons. The SMILES string of the molecule is O=C1OC(c2ccccc2)Cc2cc(C(=O)N3CCN(Cc4ccncc4)CC3)ccc21. The number of nitrogens with zero attached hydrogens (tertiary/aromatic N) is 3. The van der Waals surface area contributed by atoms with Crippen molar-refractivity contribution in [3.8, 4) is 0 Å². The minimum absolute atomic E-state index is 0.0200. The maximum absolute atomic E-state index is 13.2. The van der Waals surface area contributed by atoms with Crippen LogP contribution in [0.1, 0.15) is 43.5 Å². The lowest BCUT2D eigenvalue weighted by molar-refractivity contribution is 0.0252. The van der Waals surface area contributed by atoms with Crippen LogP contribution in [0.25, 0.3) is 0 Å². The normalized spacial score (nSPS) is 18.7. The second-order valence-electron chi connectivity index (χ2n) is 8.30. The summed E-state index contributed by atoms with van der Waals surface area (Å²) >= 11 is 0. The molecule has 1 fully saturated rings. The van der Waals surface area contributed by atoms with E-state index in [1.165, 1.54) is 5.56 Å². The Balaban J connectivity index is 1.26. The molecule has 32 heavy (non-hydrogen) atoms. The molecule has 2 aromatic carbocycles. The van der Waals surface area contributed by atoms with Crippen molar-refractivity contribution in [2.45, 2.75) is 19.1 Å². The lowest BCUT2D eigenvalue weighted by Crippen LogP contribution is -2.48. The molecule has 1 saturated heterocycles. The number of rotatable bonds is 4. The number of amides is 1. The van der Waals surface area contributed by atoms with E-state index in [1.54, 1.807) is 12.1 Å². The van der Waals surface area contributed by atoms with Gasteiger partial charge in [0.25, 0.3) is 5.91 Å². The van der Waals surface area contributed by atoms with Crippen LogP contribution in [0, 0.1) is 0 Å². The van der Waals surface area contributed by atoms with Gasteiger partial charge in [-0.1, -0.05) is 30.3 Å². The Hall–Kier alpha value is -3.51. The average molecular weight is 428 g/mol. The number of fused-ring (bicyclic) bond motifs is 1. The van der Waals surface area contributed by atoms with Gasteiger partial charge in [0.1, 0.15) is 6.10 Å². The van der Waals surface area contributed by atoms with Gasteiger partial charge in [0.15, 0.2) is 0 Å². The number of aromatic nitrogens is 1. The number of pyridine rings is 1. The van der Waals surface area contributed by atoms with Crippen LogP contribution in [0.2, 0.25) is 0 Å². The molecule has 162 valence electrons. The van der Waals surface area contributed by atoms with Crippen molar-refractivity contribution in [3.63, 3.8) is 0 Å². The zero-order valence-electron chi connectivity index (χ0n) is 17.8. The summed E-state index contributed by atoms with van der Waals surface area (Å²) in [5, 5.41) is 0. The van der Waals surface area contributed by atoms with Crippen LogP contribution in [0.5, 0.6) is 0 Å².